The Labute approximate surface area is 227 Å². The van der Waals surface area contributed by atoms with Crippen molar-refractivity contribution >= 4 is 29.3 Å². The SMILES string of the molecule is Cc1nc(N)c(C(=O)NC(N)=NCCCCc2ccc(OCCNCC3OC(C)OCC3O)cc2)nc1Cl. The van der Waals surface area contributed by atoms with Gasteiger partial charge in [-0.25, -0.2) is 9.97 Å². The number of hydrogen-bond acceptors (Lipinski definition) is 10. The predicted octanol–water partition coefficient (Wildman–Crippen LogP) is 1.18. The normalized spacial score (nSPS) is 19.8. The summed E-state index contributed by atoms with van der Waals surface area (Å²) in [7, 11) is 0. The lowest BCUT2D eigenvalue weighted by molar-refractivity contribution is -0.242. The van der Waals surface area contributed by atoms with E-state index in [-0.39, 0.29) is 41.6 Å². The molecule has 7 N–H and O–H groups in total. The van der Waals surface area contributed by atoms with Gasteiger partial charge in [0.15, 0.2) is 28.9 Å². The summed E-state index contributed by atoms with van der Waals surface area (Å²) in [4.78, 5) is 24.4. The van der Waals surface area contributed by atoms with Crippen LogP contribution in [-0.4, -0.2) is 78.3 Å². The Morgan fingerprint density at radius 1 is 1.29 bits per heavy atom. The maximum absolute atomic E-state index is 12.3. The molecular weight excluding hydrogens is 514 g/mol. The number of nitrogen functional groups attached to an aromatic ring is 1. The molecule has 208 valence electrons. The number of hydrogen-bond donors (Lipinski definition) is 5. The quantitative estimate of drug-likeness (QED) is 0.146. The summed E-state index contributed by atoms with van der Waals surface area (Å²) in [6.07, 6.45) is 1.36. The molecule has 1 saturated heterocycles. The average Bonchev–Trinajstić information content (AvgIpc) is 2.88. The Balaban J connectivity index is 1.28. The first-order chi connectivity index (χ1) is 18.2. The lowest BCUT2D eigenvalue weighted by atomic mass is 10.1. The summed E-state index contributed by atoms with van der Waals surface area (Å²) in [5.74, 6) is 0.133. The summed E-state index contributed by atoms with van der Waals surface area (Å²) in [6, 6.07) is 7.96. The Bertz CT molecular complexity index is 1090. The Hall–Kier alpha value is -3.03. The molecule has 1 amide bonds. The van der Waals surface area contributed by atoms with Crippen LogP contribution in [-0.2, 0) is 15.9 Å². The number of anilines is 1. The van der Waals surface area contributed by atoms with Gasteiger partial charge in [0.2, 0.25) is 0 Å². The zero-order valence-corrected chi connectivity index (χ0v) is 22.4. The van der Waals surface area contributed by atoms with E-state index in [1.54, 1.807) is 6.92 Å². The Morgan fingerprint density at radius 3 is 2.82 bits per heavy atom. The largest absolute Gasteiger partial charge is 0.492 e. The van der Waals surface area contributed by atoms with Crippen molar-refractivity contribution in [3.63, 3.8) is 0 Å². The fourth-order valence-electron chi connectivity index (χ4n) is 3.68. The van der Waals surface area contributed by atoms with Gasteiger partial charge in [0.1, 0.15) is 24.6 Å². The van der Waals surface area contributed by atoms with Crippen LogP contribution in [0.3, 0.4) is 0 Å². The van der Waals surface area contributed by atoms with Crippen LogP contribution in [0.25, 0.3) is 0 Å². The van der Waals surface area contributed by atoms with Crippen LogP contribution >= 0.6 is 11.6 Å². The maximum Gasteiger partial charge on any atom is 0.280 e. The molecule has 1 aromatic carbocycles. The Kier molecular flexibility index (Phi) is 11.5. The van der Waals surface area contributed by atoms with E-state index in [0.29, 0.717) is 31.9 Å². The lowest BCUT2D eigenvalue weighted by Gasteiger charge is -2.32. The van der Waals surface area contributed by atoms with Gasteiger partial charge in [-0.15, -0.1) is 0 Å². The number of nitrogens with two attached hydrogens (primary N) is 2. The van der Waals surface area contributed by atoms with E-state index in [2.05, 4.69) is 25.6 Å². The number of ether oxygens (including phenoxy) is 3. The number of aliphatic hydroxyl groups excluding tert-OH is 1. The number of amides is 1. The first-order valence-electron chi connectivity index (χ1n) is 12.5. The molecule has 3 unspecified atom stereocenters. The van der Waals surface area contributed by atoms with Crippen molar-refractivity contribution in [2.45, 2.75) is 51.6 Å². The number of carbonyl (C=O) groups is 1. The molecule has 2 heterocycles. The van der Waals surface area contributed by atoms with Gasteiger partial charge in [-0.2, -0.15) is 0 Å². The molecule has 1 aliphatic heterocycles. The van der Waals surface area contributed by atoms with E-state index in [1.807, 2.05) is 31.2 Å². The van der Waals surface area contributed by atoms with Crippen LogP contribution in [0.5, 0.6) is 5.75 Å². The van der Waals surface area contributed by atoms with Gasteiger partial charge < -0.3 is 36.1 Å². The van der Waals surface area contributed by atoms with Gasteiger partial charge in [-0.05, 0) is 50.8 Å². The molecule has 1 fully saturated rings. The number of unbranched alkanes of at least 4 members (excludes halogenated alkanes) is 1. The van der Waals surface area contributed by atoms with Crippen LogP contribution in [0.2, 0.25) is 5.15 Å². The van der Waals surface area contributed by atoms with E-state index < -0.39 is 12.0 Å². The summed E-state index contributed by atoms with van der Waals surface area (Å²) in [6.45, 7) is 5.87. The molecule has 2 aromatic rings. The number of aliphatic imine (C=N–C) groups is 1. The van der Waals surface area contributed by atoms with Crippen molar-refractivity contribution in [3.05, 3.63) is 46.4 Å². The van der Waals surface area contributed by atoms with Crippen molar-refractivity contribution < 1.29 is 24.1 Å². The van der Waals surface area contributed by atoms with Gasteiger partial charge in [0.25, 0.3) is 5.91 Å². The van der Waals surface area contributed by atoms with Crippen molar-refractivity contribution in [1.82, 2.24) is 20.6 Å². The fourth-order valence-corrected chi connectivity index (χ4v) is 3.80. The molecule has 0 saturated carbocycles. The van der Waals surface area contributed by atoms with Crippen LogP contribution < -0.4 is 26.8 Å². The second-order valence-electron chi connectivity index (χ2n) is 8.85. The smallest absolute Gasteiger partial charge is 0.280 e. The third-order valence-corrected chi connectivity index (χ3v) is 6.12. The molecule has 38 heavy (non-hydrogen) atoms. The van der Waals surface area contributed by atoms with Crippen LogP contribution in [0, 0.1) is 6.92 Å². The molecule has 0 radical (unpaired) electrons. The molecule has 0 aliphatic carbocycles. The maximum atomic E-state index is 12.3. The lowest BCUT2D eigenvalue weighted by Crippen LogP contribution is -2.48. The highest BCUT2D eigenvalue weighted by Crippen LogP contribution is 2.16. The van der Waals surface area contributed by atoms with E-state index in [0.717, 1.165) is 25.0 Å². The van der Waals surface area contributed by atoms with Gasteiger partial charge in [0, 0.05) is 19.6 Å². The second-order valence-corrected chi connectivity index (χ2v) is 9.21. The number of nitrogens with one attached hydrogen (secondary N) is 2. The van der Waals surface area contributed by atoms with Gasteiger partial charge >= 0.3 is 0 Å². The first-order valence-corrected chi connectivity index (χ1v) is 12.9. The summed E-state index contributed by atoms with van der Waals surface area (Å²) < 4.78 is 16.6. The Morgan fingerprint density at radius 2 is 2.05 bits per heavy atom. The van der Waals surface area contributed by atoms with E-state index in [1.165, 1.54) is 5.56 Å². The van der Waals surface area contributed by atoms with Crippen LogP contribution in [0.1, 0.15) is 41.5 Å². The zero-order chi connectivity index (χ0) is 27.5. The number of benzene rings is 1. The van der Waals surface area contributed by atoms with Crippen LogP contribution in [0.15, 0.2) is 29.3 Å². The molecule has 0 spiro atoms. The van der Waals surface area contributed by atoms with E-state index in [4.69, 9.17) is 37.3 Å². The molecule has 1 aromatic heterocycles. The van der Waals surface area contributed by atoms with Gasteiger partial charge in [0.05, 0.1) is 12.3 Å². The highest BCUT2D eigenvalue weighted by atomic mass is 35.5. The minimum absolute atomic E-state index is 0.0186. The molecule has 3 atom stereocenters. The minimum Gasteiger partial charge on any atom is -0.492 e. The number of halogens is 1. The number of aliphatic hydroxyl groups is 1. The molecule has 13 heteroatoms. The third-order valence-electron chi connectivity index (χ3n) is 5.77. The van der Waals surface area contributed by atoms with E-state index in [9.17, 15) is 9.90 Å². The van der Waals surface area contributed by atoms with Gasteiger partial charge in [-0.3, -0.25) is 15.1 Å². The highest BCUT2D eigenvalue weighted by Gasteiger charge is 2.27. The fraction of sp³-hybridized carbons (Fsp3) is 0.520. The number of rotatable bonds is 12. The number of aryl methyl sites for hydroxylation is 2. The van der Waals surface area contributed by atoms with Crippen molar-refractivity contribution in [2.75, 3.05) is 38.6 Å². The predicted molar refractivity (Wildman–Crippen MR) is 144 cm³/mol. The molecule has 0 bridgehead atoms. The van der Waals surface area contributed by atoms with E-state index >= 15 is 0 Å². The number of guanidine groups is 1. The summed E-state index contributed by atoms with van der Waals surface area (Å²) in [5.41, 5.74) is 13.1. The number of aromatic nitrogens is 2. The third kappa shape index (κ3) is 9.37. The number of nitrogens with zero attached hydrogens (tertiary/aromatic N) is 3. The number of carbonyl (C=O) groups excluding carboxylic acids is 1. The van der Waals surface area contributed by atoms with Crippen molar-refractivity contribution in [2.24, 2.45) is 10.7 Å². The van der Waals surface area contributed by atoms with Crippen molar-refractivity contribution in [3.8, 4) is 5.75 Å². The average molecular weight is 550 g/mol. The monoisotopic (exact) mass is 549 g/mol. The molecule has 12 nitrogen and oxygen atoms in total. The molecule has 3 rings (SSSR count). The highest BCUT2D eigenvalue weighted by molar-refractivity contribution is 6.30. The summed E-state index contributed by atoms with van der Waals surface area (Å²) >= 11 is 5.92. The topological polar surface area (TPSA) is 179 Å². The molecular formula is C25H36ClN7O5. The second kappa shape index (κ2) is 14.8. The minimum atomic E-state index is -0.628. The standard InChI is InChI=1S/C25H36ClN7O5/c1-15-22(26)32-21(23(27)31-15)24(35)33-25(28)30-10-4-3-5-17-6-8-18(9-7-17)36-12-11-29-13-20-19(34)14-37-16(2)38-20/h6-9,16,19-20,29,34H,3-5,10-14H2,1-2H3,(H2,27,31)(H3,28,30,33,35). The van der Waals surface area contributed by atoms with Crippen molar-refractivity contribution in [1.29, 1.82) is 0 Å². The molecule has 1 aliphatic rings. The zero-order valence-electron chi connectivity index (χ0n) is 21.7. The first kappa shape index (κ1) is 29.5. The van der Waals surface area contributed by atoms with Gasteiger partial charge in [-0.1, -0.05) is 23.7 Å². The summed E-state index contributed by atoms with van der Waals surface area (Å²) in [5, 5.41) is 15.7. The van der Waals surface area contributed by atoms with Crippen LogP contribution in [0.4, 0.5) is 5.82 Å².